The van der Waals surface area contributed by atoms with Gasteiger partial charge in [-0.1, -0.05) is 19.9 Å². The van der Waals surface area contributed by atoms with E-state index in [2.05, 4.69) is 60.1 Å². The number of aromatic nitrogens is 4. The minimum absolute atomic E-state index is 0.347. The van der Waals surface area contributed by atoms with E-state index in [0.29, 0.717) is 24.9 Å². The summed E-state index contributed by atoms with van der Waals surface area (Å²) < 4.78 is 1.84. The molecule has 3 aromatic heterocycles. The summed E-state index contributed by atoms with van der Waals surface area (Å²) in [5, 5.41) is 14.8. The molecule has 31 heavy (non-hydrogen) atoms. The van der Waals surface area contributed by atoms with Crippen molar-refractivity contribution in [3.8, 4) is 11.3 Å². The second kappa shape index (κ2) is 7.41. The summed E-state index contributed by atoms with van der Waals surface area (Å²) in [6, 6.07) is 8.85. The molecule has 2 N–H and O–H groups in total. The molecular formula is C24H27N5O2. The monoisotopic (exact) mass is 417 g/mol. The zero-order chi connectivity index (χ0) is 21.7. The number of nitrogens with one attached hydrogen (secondary N) is 1. The van der Waals surface area contributed by atoms with Crippen LogP contribution in [0.1, 0.15) is 55.2 Å². The number of piperidine rings is 1. The zero-order valence-electron chi connectivity index (χ0n) is 18.1. The first-order valence-electron chi connectivity index (χ1n) is 10.9. The Morgan fingerprint density at radius 3 is 2.71 bits per heavy atom. The molecule has 0 radical (unpaired) electrons. The molecule has 1 aliphatic heterocycles. The Hall–Kier alpha value is -3.35. The Morgan fingerprint density at radius 1 is 1.23 bits per heavy atom. The fraction of sp³-hybridized carbons (Fsp3) is 0.375. The molecular weight excluding hydrogens is 390 g/mol. The highest BCUT2D eigenvalue weighted by molar-refractivity contribution is 5.92. The van der Waals surface area contributed by atoms with Crippen LogP contribution in [0, 0.1) is 6.92 Å². The Labute approximate surface area is 180 Å². The van der Waals surface area contributed by atoms with Gasteiger partial charge in [-0.3, -0.25) is 0 Å². The van der Waals surface area contributed by atoms with Crippen molar-refractivity contribution in [2.45, 2.75) is 45.4 Å². The van der Waals surface area contributed by atoms with Crippen LogP contribution < -0.4 is 0 Å². The van der Waals surface area contributed by atoms with E-state index in [4.69, 9.17) is 0 Å². The summed E-state index contributed by atoms with van der Waals surface area (Å²) in [5.41, 5.74) is 7.93. The van der Waals surface area contributed by atoms with Crippen LogP contribution in [0.15, 0.2) is 36.8 Å². The van der Waals surface area contributed by atoms with Gasteiger partial charge < -0.3 is 15.0 Å². The SMILES string of the molecule is Cc1cc(-c2[nH]c3ccc(C4CCN(C(=O)O)CC4)cc3c2C(C)C)cn2ncnc12. The summed E-state index contributed by atoms with van der Waals surface area (Å²) in [4.78, 5) is 20.7. The highest BCUT2D eigenvalue weighted by atomic mass is 16.4. The van der Waals surface area contributed by atoms with Crippen molar-refractivity contribution >= 4 is 22.6 Å². The van der Waals surface area contributed by atoms with E-state index in [1.807, 2.05) is 10.7 Å². The van der Waals surface area contributed by atoms with Crippen LogP contribution in [0.5, 0.6) is 0 Å². The summed E-state index contributed by atoms with van der Waals surface area (Å²) >= 11 is 0. The summed E-state index contributed by atoms with van der Waals surface area (Å²) in [6.45, 7) is 7.72. The molecule has 0 aliphatic carbocycles. The average molecular weight is 418 g/mol. The predicted molar refractivity (Wildman–Crippen MR) is 121 cm³/mol. The first kappa shape index (κ1) is 19.6. The fourth-order valence-electron chi connectivity index (χ4n) is 4.95. The van der Waals surface area contributed by atoms with Crippen LogP contribution in [0.25, 0.3) is 27.8 Å². The Bertz CT molecular complexity index is 1280. The van der Waals surface area contributed by atoms with Gasteiger partial charge in [0.05, 0.1) is 5.69 Å². The maximum absolute atomic E-state index is 11.2. The number of amides is 1. The number of aryl methyl sites for hydroxylation is 1. The van der Waals surface area contributed by atoms with Crippen LogP contribution in [0.4, 0.5) is 4.79 Å². The van der Waals surface area contributed by atoms with Gasteiger partial charge in [0.25, 0.3) is 0 Å². The topological polar surface area (TPSA) is 86.5 Å². The average Bonchev–Trinajstić information content (AvgIpc) is 3.38. The lowest BCUT2D eigenvalue weighted by Crippen LogP contribution is -2.36. The maximum Gasteiger partial charge on any atom is 0.407 e. The van der Waals surface area contributed by atoms with E-state index < -0.39 is 6.09 Å². The quantitative estimate of drug-likeness (QED) is 0.482. The lowest BCUT2D eigenvalue weighted by atomic mass is 9.87. The van der Waals surface area contributed by atoms with Crippen molar-refractivity contribution in [1.29, 1.82) is 0 Å². The maximum atomic E-state index is 11.2. The minimum atomic E-state index is -0.814. The summed E-state index contributed by atoms with van der Waals surface area (Å²) in [5.74, 6) is 0.742. The van der Waals surface area contributed by atoms with Gasteiger partial charge in [0, 0.05) is 35.8 Å². The number of pyridine rings is 1. The molecule has 1 aromatic carbocycles. The van der Waals surface area contributed by atoms with Gasteiger partial charge in [-0.15, -0.1) is 0 Å². The smallest absolute Gasteiger partial charge is 0.407 e. The minimum Gasteiger partial charge on any atom is -0.465 e. The molecule has 0 atom stereocenters. The molecule has 7 nitrogen and oxygen atoms in total. The molecule has 0 bridgehead atoms. The molecule has 4 heterocycles. The molecule has 0 saturated carbocycles. The zero-order valence-corrected chi connectivity index (χ0v) is 18.1. The third kappa shape index (κ3) is 3.34. The summed E-state index contributed by atoms with van der Waals surface area (Å²) in [6.07, 6.45) is 4.55. The van der Waals surface area contributed by atoms with Gasteiger partial charge in [0.2, 0.25) is 0 Å². The van der Waals surface area contributed by atoms with E-state index >= 15 is 0 Å². The van der Waals surface area contributed by atoms with Crippen molar-refractivity contribution < 1.29 is 9.90 Å². The van der Waals surface area contributed by atoms with Crippen molar-refractivity contribution in [2.75, 3.05) is 13.1 Å². The molecule has 7 heteroatoms. The van der Waals surface area contributed by atoms with Gasteiger partial charge >= 0.3 is 6.09 Å². The lowest BCUT2D eigenvalue weighted by molar-refractivity contribution is 0.132. The number of nitrogens with zero attached hydrogens (tertiary/aromatic N) is 4. The number of rotatable bonds is 3. The van der Waals surface area contributed by atoms with Gasteiger partial charge in [-0.2, -0.15) is 5.10 Å². The number of hydrogen-bond acceptors (Lipinski definition) is 3. The number of hydrogen-bond donors (Lipinski definition) is 2. The third-order valence-electron chi connectivity index (χ3n) is 6.52. The number of carbonyl (C=O) groups is 1. The Morgan fingerprint density at radius 2 is 2.00 bits per heavy atom. The number of fused-ring (bicyclic) bond motifs is 2. The second-order valence-corrected chi connectivity index (χ2v) is 8.86. The third-order valence-corrected chi connectivity index (χ3v) is 6.52. The molecule has 1 saturated heterocycles. The molecule has 160 valence electrons. The molecule has 1 amide bonds. The fourth-order valence-corrected chi connectivity index (χ4v) is 4.95. The molecule has 0 spiro atoms. The molecule has 1 fully saturated rings. The van der Waals surface area contributed by atoms with Crippen molar-refractivity contribution in [3.05, 3.63) is 53.5 Å². The van der Waals surface area contributed by atoms with Gasteiger partial charge in [-0.25, -0.2) is 14.3 Å². The Kier molecular flexibility index (Phi) is 4.68. The van der Waals surface area contributed by atoms with E-state index in [1.54, 1.807) is 6.33 Å². The summed E-state index contributed by atoms with van der Waals surface area (Å²) in [7, 11) is 0. The van der Waals surface area contributed by atoms with Crippen LogP contribution in [-0.2, 0) is 0 Å². The highest BCUT2D eigenvalue weighted by Gasteiger charge is 2.25. The van der Waals surface area contributed by atoms with E-state index in [-0.39, 0.29) is 0 Å². The van der Waals surface area contributed by atoms with Gasteiger partial charge in [0.1, 0.15) is 6.33 Å². The number of aromatic amines is 1. The largest absolute Gasteiger partial charge is 0.465 e. The normalized spacial score (nSPS) is 15.4. The highest BCUT2D eigenvalue weighted by Crippen LogP contribution is 2.38. The van der Waals surface area contributed by atoms with Crippen LogP contribution in [-0.4, -0.2) is 48.8 Å². The standard InChI is InChI=1S/C24H27N5O2/c1-14(2)21-19-11-17(16-6-8-28(9-7-16)24(30)31)4-5-20(19)27-22(21)18-10-15(3)23-25-13-26-29(23)12-18/h4-5,10-14,16,27H,6-9H2,1-3H3,(H,30,31). The van der Waals surface area contributed by atoms with Crippen LogP contribution in [0.3, 0.4) is 0 Å². The number of likely N-dealkylation sites (tertiary alicyclic amines) is 1. The lowest BCUT2D eigenvalue weighted by Gasteiger charge is -2.30. The molecule has 0 unspecified atom stereocenters. The van der Waals surface area contributed by atoms with E-state index in [1.165, 1.54) is 21.4 Å². The van der Waals surface area contributed by atoms with Crippen molar-refractivity contribution in [2.24, 2.45) is 0 Å². The molecule has 5 rings (SSSR count). The number of carboxylic acid groups (broad SMARTS) is 1. The van der Waals surface area contributed by atoms with Crippen molar-refractivity contribution in [1.82, 2.24) is 24.5 Å². The van der Waals surface area contributed by atoms with E-state index in [0.717, 1.165) is 40.8 Å². The predicted octanol–water partition coefficient (Wildman–Crippen LogP) is 5.17. The molecule has 1 aliphatic rings. The first-order valence-corrected chi connectivity index (χ1v) is 10.9. The van der Waals surface area contributed by atoms with Crippen molar-refractivity contribution in [3.63, 3.8) is 0 Å². The number of H-pyrrole nitrogens is 1. The van der Waals surface area contributed by atoms with Crippen LogP contribution in [0.2, 0.25) is 0 Å². The second-order valence-electron chi connectivity index (χ2n) is 8.86. The van der Waals surface area contributed by atoms with Gasteiger partial charge in [0.15, 0.2) is 5.65 Å². The Balaban J connectivity index is 1.57. The van der Waals surface area contributed by atoms with Crippen LogP contribution >= 0.6 is 0 Å². The first-order chi connectivity index (χ1) is 14.9. The van der Waals surface area contributed by atoms with Gasteiger partial charge in [-0.05, 0) is 66.5 Å². The number of benzene rings is 1. The van der Waals surface area contributed by atoms with E-state index in [9.17, 15) is 9.90 Å². The molecule has 4 aromatic rings.